The lowest BCUT2D eigenvalue weighted by molar-refractivity contribution is -0.148. The summed E-state index contributed by atoms with van der Waals surface area (Å²) in [5.41, 5.74) is 2.13. The van der Waals surface area contributed by atoms with Gasteiger partial charge in [-0.1, -0.05) is 32.0 Å². The highest BCUT2D eigenvalue weighted by Gasteiger charge is 2.13. The molecule has 1 unspecified atom stereocenters. The zero-order chi connectivity index (χ0) is 16.8. The maximum atomic E-state index is 11.8. The number of carbonyl (C=O) groups excluding carboxylic acids is 2. The lowest BCUT2D eigenvalue weighted by atomic mass is 10.1. The topological polar surface area (TPSA) is 71.2 Å². The van der Waals surface area contributed by atoms with E-state index in [9.17, 15) is 9.59 Å². The van der Waals surface area contributed by atoms with Gasteiger partial charge in [0.1, 0.15) is 0 Å². The first-order valence-corrected chi connectivity index (χ1v) is 7.97. The van der Waals surface area contributed by atoms with Crippen LogP contribution in [0.25, 0.3) is 10.9 Å². The van der Waals surface area contributed by atoms with Crippen molar-refractivity contribution in [2.75, 3.05) is 6.61 Å². The van der Waals surface area contributed by atoms with Crippen molar-refractivity contribution in [1.29, 1.82) is 0 Å². The highest BCUT2D eigenvalue weighted by atomic mass is 16.5. The van der Waals surface area contributed by atoms with E-state index in [1.165, 1.54) is 0 Å². The Bertz CT molecular complexity index is 676. The van der Waals surface area contributed by atoms with E-state index in [1.54, 1.807) is 0 Å². The lowest BCUT2D eigenvalue weighted by Crippen LogP contribution is -2.38. The van der Waals surface area contributed by atoms with Crippen LogP contribution in [0.15, 0.2) is 30.5 Å². The minimum absolute atomic E-state index is 0.0624. The first-order chi connectivity index (χ1) is 11.0. The van der Waals surface area contributed by atoms with Crippen molar-refractivity contribution in [3.05, 3.63) is 36.0 Å². The number of H-pyrrole nitrogens is 1. The molecule has 1 atom stereocenters. The molecule has 0 aliphatic rings. The number of rotatable bonds is 7. The third kappa shape index (κ3) is 4.84. The van der Waals surface area contributed by atoms with Gasteiger partial charge in [0, 0.05) is 29.6 Å². The molecule has 0 saturated carbocycles. The molecule has 0 saturated heterocycles. The molecule has 1 aromatic carbocycles. The van der Waals surface area contributed by atoms with Gasteiger partial charge in [-0.25, -0.2) is 0 Å². The smallest absolute Gasteiger partial charge is 0.306 e. The summed E-state index contributed by atoms with van der Waals surface area (Å²) >= 11 is 0. The fraction of sp³-hybridized carbons (Fsp3) is 0.444. The van der Waals surface area contributed by atoms with Crippen LogP contribution in [0, 0.1) is 5.92 Å². The number of carbonyl (C=O) groups is 2. The van der Waals surface area contributed by atoms with E-state index in [1.807, 2.05) is 51.2 Å². The predicted molar refractivity (Wildman–Crippen MR) is 90.0 cm³/mol. The molecule has 1 amide bonds. The molecule has 124 valence electrons. The number of fused-ring (bicyclic) bond motifs is 1. The Kier molecular flexibility index (Phi) is 5.79. The predicted octanol–water partition coefficient (Wildman–Crippen LogP) is 2.80. The highest BCUT2D eigenvalue weighted by molar-refractivity contribution is 5.84. The molecule has 1 heterocycles. The van der Waals surface area contributed by atoms with Crippen molar-refractivity contribution >= 4 is 22.8 Å². The molecule has 2 aromatic rings. The Labute approximate surface area is 136 Å². The number of hydrogen-bond acceptors (Lipinski definition) is 3. The van der Waals surface area contributed by atoms with Crippen LogP contribution in [0.5, 0.6) is 0 Å². The zero-order valence-corrected chi connectivity index (χ0v) is 13.9. The monoisotopic (exact) mass is 316 g/mol. The van der Waals surface area contributed by atoms with Gasteiger partial charge in [-0.15, -0.1) is 0 Å². The van der Waals surface area contributed by atoms with Crippen LogP contribution in [0.4, 0.5) is 0 Å². The van der Waals surface area contributed by atoms with Gasteiger partial charge in [0.15, 0.2) is 6.61 Å². The molecular weight excluding hydrogens is 292 g/mol. The number of benzene rings is 1. The number of ether oxygens (including phenoxy) is 1. The van der Waals surface area contributed by atoms with E-state index in [0.29, 0.717) is 12.3 Å². The second kappa shape index (κ2) is 7.81. The quantitative estimate of drug-likeness (QED) is 0.772. The first-order valence-electron chi connectivity index (χ1n) is 7.97. The number of amides is 1. The van der Waals surface area contributed by atoms with Gasteiger partial charge in [-0.3, -0.25) is 9.59 Å². The molecular formula is C18H24N2O3. The number of para-hydroxylation sites is 1. The summed E-state index contributed by atoms with van der Waals surface area (Å²) in [5, 5.41) is 3.92. The average molecular weight is 316 g/mol. The molecule has 0 fully saturated rings. The van der Waals surface area contributed by atoms with Crippen molar-refractivity contribution in [3.8, 4) is 0 Å². The van der Waals surface area contributed by atoms with Crippen LogP contribution in [-0.4, -0.2) is 29.5 Å². The van der Waals surface area contributed by atoms with E-state index >= 15 is 0 Å². The molecule has 23 heavy (non-hydrogen) atoms. The van der Waals surface area contributed by atoms with Crippen LogP contribution >= 0.6 is 0 Å². The molecule has 1 aromatic heterocycles. The standard InChI is InChI=1S/C18H24N2O3/c1-12(2)13(3)20-17(21)11-23-18(22)9-8-14-10-19-16-7-5-4-6-15(14)16/h4-7,10,12-13,19H,8-9,11H2,1-3H3,(H,20,21). The van der Waals surface area contributed by atoms with Gasteiger partial charge in [-0.05, 0) is 30.9 Å². The molecule has 2 rings (SSSR count). The fourth-order valence-electron chi connectivity index (χ4n) is 2.26. The van der Waals surface area contributed by atoms with E-state index in [0.717, 1.165) is 16.5 Å². The number of hydrogen-bond donors (Lipinski definition) is 2. The zero-order valence-electron chi connectivity index (χ0n) is 13.9. The maximum absolute atomic E-state index is 11.8. The molecule has 0 aliphatic carbocycles. The van der Waals surface area contributed by atoms with Crippen molar-refractivity contribution < 1.29 is 14.3 Å². The van der Waals surface area contributed by atoms with Gasteiger partial charge >= 0.3 is 5.97 Å². The molecule has 0 aliphatic heterocycles. The van der Waals surface area contributed by atoms with Crippen molar-refractivity contribution in [2.24, 2.45) is 5.92 Å². The second-order valence-corrected chi connectivity index (χ2v) is 6.12. The Morgan fingerprint density at radius 2 is 1.96 bits per heavy atom. The Morgan fingerprint density at radius 1 is 1.22 bits per heavy atom. The van der Waals surface area contributed by atoms with Crippen LogP contribution in [0.1, 0.15) is 32.8 Å². The third-order valence-corrected chi connectivity index (χ3v) is 4.03. The van der Waals surface area contributed by atoms with E-state index in [4.69, 9.17) is 4.74 Å². The average Bonchev–Trinajstić information content (AvgIpc) is 2.94. The summed E-state index contributed by atoms with van der Waals surface area (Å²) in [7, 11) is 0. The van der Waals surface area contributed by atoms with Crippen LogP contribution < -0.4 is 5.32 Å². The van der Waals surface area contributed by atoms with Gasteiger partial charge in [0.05, 0.1) is 0 Å². The molecule has 0 radical (unpaired) electrons. The van der Waals surface area contributed by atoms with Crippen LogP contribution in [-0.2, 0) is 20.7 Å². The minimum atomic E-state index is -0.359. The first kappa shape index (κ1) is 17.1. The number of esters is 1. The Morgan fingerprint density at radius 3 is 2.70 bits per heavy atom. The molecule has 0 spiro atoms. The largest absolute Gasteiger partial charge is 0.456 e. The van der Waals surface area contributed by atoms with Gasteiger partial charge in [0.2, 0.25) is 0 Å². The SMILES string of the molecule is CC(C)C(C)NC(=O)COC(=O)CCc1c[nH]c2ccccc12. The van der Waals surface area contributed by atoms with Crippen LogP contribution in [0.3, 0.4) is 0 Å². The summed E-state index contributed by atoms with van der Waals surface area (Å²) < 4.78 is 5.03. The summed E-state index contributed by atoms with van der Waals surface area (Å²) in [6, 6.07) is 8.02. The van der Waals surface area contributed by atoms with Crippen molar-refractivity contribution in [3.63, 3.8) is 0 Å². The number of aromatic amines is 1. The van der Waals surface area contributed by atoms with Gasteiger partial charge in [-0.2, -0.15) is 0 Å². The summed E-state index contributed by atoms with van der Waals surface area (Å²) in [6.45, 7) is 5.77. The third-order valence-electron chi connectivity index (χ3n) is 4.03. The highest BCUT2D eigenvalue weighted by Crippen LogP contribution is 2.19. The Hall–Kier alpha value is -2.30. The molecule has 5 nitrogen and oxygen atoms in total. The number of nitrogens with one attached hydrogen (secondary N) is 2. The fourth-order valence-corrected chi connectivity index (χ4v) is 2.26. The molecule has 2 N–H and O–H groups in total. The van der Waals surface area contributed by atoms with Crippen molar-refractivity contribution in [1.82, 2.24) is 10.3 Å². The summed E-state index contributed by atoms with van der Waals surface area (Å²) in [4.78, 5) is 26.6. The number of aryl methyl sites for hydroxylation is 1. The van der Waals surface area contributed by atoms with Gasteiger partial charge in [0.25, 0.3) is 5.91 Å². The number of aromatic nitrogens is 1. The Balaban J connectivity index is 1.76. The molecule has 5 heteroatoms. The second-order valence-electron chi connectivity index (χ2n) is 6.12. The van der Waals surface area contributed by atoms with Crippen LogP contribution in [0.2, 0.25) is 0 Å². The van der Waals surface area contributed by atoms with E-state index < -0.39 is 0 Å². The molecule has 0 bridgehead atoms. The normalized spacial score (nSPS) is 12.3. The maximum Gasteiger partial charge on any atom is 0.306 e. The van der Waals surface area contributed by atoms with E-state index in [2.05, 4.69) is 10.3 Å². The van der Waals surface area contributed by atoms with Crippen molar-refractivity contribution in [2.45, 2.75) is 39.7 Å². The summed E-state index contributed by atoms with van der Waals surface area (Å²) in [6.07, 6.45) is 2.76. The van der Waals surface area contributed by atoms with Gasteiger partial charge < -0.3 is 15.0 Å². The lowest BCUT2D eigenvalue weighted by Gasteiger charge is -2.17. The minimum Gasteiger partial charge on any atom is -0.456 e. The summed E-state index contributed by atoms with van der Waals surface area (Å²) in [5.74, 6) is -0.272. The van der Waals surface area contributed by atoms with E-state index in [-0.39, 0.29) is 30.9 Å².